The minimum Gasteiger partial charge on any atom is -0.444 e. The summed E-state index contributed by atoms with van der Waals surface area (Å²) in [6.45, 7) is 8.10. The zero-order valence-corrected chi connectivity index (χ0v) is 8.89. The van der Waals surface area contributed by atoms with E-state index in [0.717, 1.165) is 6.42 Å². The summed E-state index contributed by atoms with van der Waals surface area (Å²) in [7, 11) is 0. The maximum atomic E-state index is 11.1. The zero-order chi connectivity index (χ0) is 10.3. The summed E-state index contributed by atoms with van der Waals surface area (Å²) in [5, 5.41) is 2.63. The third-order valence-electron chi connectivity index (χ3n) is 1.17. The van der Waals surface area contributed by atoms with E-state index < -0.39 is 5.60 Å². The first-order valence-corrected chi connectivity index (χ1v) is 4.57. The second kappa shape index (κ2) is 5.62. The Hall–Kier alpha value is -0.990. The van der Waals surface area contributed by atoms with Crippen LogP contribution in [0.15, 0.2) is 12.2 Å². The molecule has 0 unspecified atom stereocenters. The molecule has 0 spiro atoms. The molecule has 0 bridgehead atoms. The average molecular weight is 185 g/mol. The summed E-state index contributed by atoms with van der Waals surface area (Å²) in [6, 6.07) is 0. The van der Waals surface area contributed by atoms with Gasteiger partial charge in [0.25, 0.3) is 0 Å². The van der Waals surface area contributed by atoms with Gasteiger partial charge >= 0.3 is 6.09 Å². The number of amides is 1. The number of ether oxygens (including phenoxy) is 1. The number of nitrogens with one attached hydrogen (secondary N) is 1. The highest BCUT2D eigenvalue weighted by atomic mass is 16.6. The number of hydrogen-bond donors (Lipinski definition) is 1. The number of alkyl carbamates (subject to hydrolysis) is 1. The first kappa shape index (κ1) is 12.0. The van der Waals surface area contributed by atoms with Gasteiger partial charge in [-0.25, -0.2) is 4.79 Å². The first-order valence-electron chi connectivity index (χ1n) is 4.57. The van der Waals surface area contributed by atoms with Gasteiger partial charge in [-0.05, 0) is 27.2 Å². The summed E-state index contributed by atoms with van der Waals surface area (Å²) in [5.74, 6) is 0. The number of hydrogen-bond acceptors (Lipinski definition) is 2. The molecular weight excluding hydrogens is 166 g/mol. The van der Waals surface area contributed by atoms with Crippen LogP contribution < -0.4 is 5.32 Å². The van der Waals surface area contributed by atoms with Crippen LogP contribution in [0.3, 0.4) is 0 Å². The Labute approximate surface area is 80.2 Å². The molecule has 3 nitrogen and oxygen atoms in total. The third kappa shape index (κ3) is 8.92. The van der Waals surface area contributed by atoms with Crippen molar-refractivity contribution < 1.29 is 9.53 Å². The van der Waals surface area contributed by atoms with Crippen molar-refractivity contribution >= 4 is 6.09 Å². The lowest BCUT2D eigenvalue weighted by Gasteiger charge is -2.19. The predicted octanol–water partition coefficient (Wildman–Crippen LogP) is 2.48. The molecule has 0 rings (SSSR count). The van der Waals surface area contributed by atoms with E-state index >= 15 is 0 Å². The predicted molar refractivity (Wildman–Crippen MR) is 53.7 cm³/mol. The maximum Gasteiger partial charge on any atom is 0.407 e. The minimum atomic E-state index is -0.418. The number of carbonyl (C=O) groups excluding carboxylic acids is 1. The van der Waals surface area contributed by atoms with E-state index in [4.69, 9.17) is 4.74 Å². The Balaban J connectivity index is 3.58. The van der Waals surface area contributed by atoms with Crippen LogP contribution in [-0.4, -0.2) is 18.2 Å². The molecule has 0 aliphatic heterocycles. The molecule has 1 N–H and O–H groups in total. The Morgan fingerprint density at radius 2 is 2.00 bits per heavy atom. The van der Waals surface area contributed by atoms with Crippen LogP contribution in [0.4, 0.5) is 4.79 Å². The SMILES string of the molecule is CC/C=C\CNC(=O)OC(C)(C)C. The standard InChI is InChI=1S/C10H19NO2/c1-5-6-7-8-11-9(12)13-10(2,3)4/h6-7H,5,8H2,1-4H3,(H,11,12)/b7-6-. The Morgan fingerprint density at radius 3 is 2.46 bits per heavy atom. The molecule has 76 valence electrons. The number of rotatable bonds is 3. The van der Waals surface area contributed by atoms with Gasteiger partial charge in [0, 0.05) is 6.54 Å². The van der Waals surface area contributed by atoms with Gasteiger partial charge < -0.3 is 10.1 Å². The highest BCUT2D eigenvalue weighted by molar-refractivity contribution is 5.67. The van der Waals surface area contributed by atoms with Crippen molar-refractivity contribution in [2.24, 2.45) is 0 Å². The molecular formula is C10H19NO2. The van der Waals surface area contributed by atoms with Crippen LogP contribution in [0.25, 0.3) is 0 Å². The zero-order valence-electron chi connectivity index (χ0n) is 8.89. The van der Waals surface area contributed by atoms with E-state index in [-0.39, 0.29) is 6.09 Å². The van der Waals surface area contributed by atoms with Gasteiger partial charge in [-0.15, -0.1) is 0 Å². The molecule has 0 aromatic carbocycles. The fourth-order valence-corrected chi connectivity index (χ4v) is 0.706. The van der Waals surface area contributed by atoms with Crippen LogP contribution >= 0.6 is 0 Å². The molecule has 3 heteroatoms. The van der Waals surface area contributed by atoms with Gasteiger partial charge in [0.2, 0.25) is 0 Å². The molecule has 0 radical (unpaired) electrons. The Bertz CT molecular complexity index is 180. The van der Waals surface area contributed by atoms with Gasteiger partial charge in [-0.3, -0.25) is 0 Å². The smallest absolute Gasteiger partial charge is 0.407 e. The summed E-state index contributed by atoms with van der Waals surface area (Å²) in [5.41, 5.74) is -0.418. The van der Waals surface area contributed by atoms with Crippen molar-refractivity contribution in [3.8, 4) is 0 Å². The number of allylic oxidation sites excluding steroid dienone is 1. The second-order valence-electron chi connectivity index (χ2n) is 3.76. The normalized spacial score (nSPS) is 11.7. The molecule has 0 aromatic rings. The lowest BCUT2D eigenvalue weighted by molar-refractivity contribution is 0.0534. The van der Waals surface area contributed by atoms with Gasteiger partial charge in [-0.2, -0.15) is 0 Å². The van der Waals surface area contributed by atoms with Crippen molar-refractivity contribution in [2.75, 3.05) is 6.54 Å². The van der Waals surface area contributed by atoms with Crippen LogP contribution in [0.5, 0.6) is 0 Å². The molecule has 13 heavy (non-hydrogen) atoms. The second-order valence-corrected chi connectivity index (χ2v) is 3.76. The van der Waals surface area contributed by atoms with Crippen molar-refractivity contribution in [1.82, 2.24) is 5.32 Å². The van der Waals surface area contributed by atoms with Crippen LogP contribution in [0.1, 0.15) is 34.1 Å². The maximum absolute atomic E-state index is 11.1. The average Bonchev–Trinajstić information content (AvgIpc) is 1.94. The van der Waals surface area contributed by atoms with Crippen molar-refractivity contribution in [1.29, 1.82) is 0 Å². The van der Waals surface area contributed by atoms with Crippen LogP contribution in [0.2, 0.25) is 0 Å². The van der Waals surface area contributed by atoms with E-state index in [2.05, 4.69) is 5.32 Å². The van der Waals surface area contributed by atoms with Crippen molar-refractivity contribution in [2.45, 2.75) is 39.7 Å². The molecule has 0 saturated heterocycles. The monoisotopic (exact) mass is 185 g/mol. The van der Waals surface area contributed by atoms with E-state index in [1.165, 1.54) is 0 Å². The fourth-order valence-electron chi connectivity index (χ4n) is 0.706. The molecule has 1 amide bonds. The van der Waals surface area contributed by atoms with Gasteiger partial charge in [0.05, 0.1) is 0 Å². The third-order valence-corrected chi connectivity index (χ3v) is 1.17. The van der Waals surface area contributed by atoms with Gasteiger partial charge in [0.1, 0.15) is 5.60 Å². The summed E-state index contributed by atoms with van der Waals surface area (Å²) in [6.07, 6.45) is 4.52. The molecule has 0 heterocycles. The quantitative estimate of drug-likeness (QED) is 0.686. The first-order chi connectivity index (χ1) is 5.95. The van der Waals surface area contributed by atoms with Crippen LogP contribution in [-0.2, 0) is 4.74 Å². The summed E-state index contributed by atoms with van der Waals surface area (Å²) < 4.78 is 5.03. The lowest BCUT2D eigenvalue weighted by Crippen LogP contribution is -2.32. The Morgan fingerprint density at radius 1 is 1.38 bits per heavy atom. The minimum absolute atomic E-state index is 0.367. The van der Waals surface area contributed by atoms with E-state index in [1.54, 1.807) is 0 Å². The van der Waals surface area contributed by atoms with Gasteiger partial charge in [-0.1, -0.05) is 19.1 Å². The summed E-state index contributed by atoms with van der Waals surface area (Å²) >= 11 is 0. The Kier molecular flexibility index (Phi) is 5.19. The molecule has 0 aromatic heterocycles. The summed E-state index contributed by atoms with van der Waals surface area (Å²) in [4.78, 5) is 11.1. The topological polar surface area (TPSA) is 38.3 Å². The molecule has 0 fully saturated rings. The number of carbonyl (C=O) groups is 1. The van der Waals surface area contributed by atoms with Crippen LogP contribution in [0, 0.1) is 0 Å². The molecule has 0 atom stereocenters. The van der Waals surface area contributed by atoms with Gasteiger partial charge in [0.15, 0.2) is 0 Å². The lowest BCUT2D eigenvalue weighted by atomic mass is 10.2. The highest BCUT2D eigenvalue weighted by Crippen LogP contribution is 2.05. The van der Waals surface area contributed by atoms with Crippen molar-refractivity contribution in [3.05, 3.63) is 12.2 Å². The fraction of sp³-hybridized carbons (Fsp3) is 0.700. The molecule has 0 aliphatic carbocycles. The molecule has 0 aliphatic rings. The highest BCUT2D eigenvalue weighted by Gasteiger charge is 2.14. The molecule has 0 saturated carbocycles. The van der Waals surface area contributed by atoms with E-state index in [1.807, 2.05) is 39.8 Å². The largest absolute Gasteiger partial charge is 0.444 e. The van der Waals surface area contributed by atoms with E-state index in [0.29, 0.717) is 6.54 Å². The van der Waals surface area contributed by atoms with Crippen molar-refractivity contribution in [3.63, 3.8) is 0 Å². The van der Waals surface area contributed by atoms with E-state index in [9.17, 15) is 4.79 Å².